The van der Waals surface area contributed by atoms with Crippen molar-refractivity contribution in [3.8, 4) is 0 Å². The molecule has 2 rings (SSSR count). The quantitative estimate of drug-likeness (QED) is 0.802. The molecule has 23 heavy (non-hydrogen) atoms. The Kier molecular flexibility index (Phi) is 5.59. The summed E-state index contributed by atoms with van der Waals surface area (Å²) in [5, 5.41) is 0.114. The van der Waals surface area contributed by atoms with Gasteiger partial charge in [0.1, 0.15) is 0 Å². The zero-order valence-electron chi connectivity index (χ0n) is 12.3. The Balaban J connectivity index is 2.22. The minimum absolute atomic E-state index is 0.00678. The van der Waals surface area contributed by atoms with Crippen molar-refractivity contribution in [2.24, 2.45) is 0 Å². The summed E-state index contributed by atoms with van der Waals surface area (Å²) in [6, 6.07) is 3.91. The van der Waals surface area contributed by atoms with Gasteiger partial charge in [0.25, 0.3) is 5.91 Å². The second-order valence-corrected chi connectivity index (χ2v) is 7.79. The van der Waals surface area contributed by atoms with Gasteiger partial charge in [-0.3, -0.25) is 4.79 Å². The molecule has 1 aliphatic rings. The standard InChI is InChI=1S/C14H16ClF2NO4S/c1-2-23(20,21)10-3-4-12(15)11(7-10)13(19)18-6-5-9(8-18)22-14(16)17/h3-4,7,9,14H,2,5-6,8H2,1H3/t9-/m0/s1. The van der Waals surface area contributed by atoms with E-state index in [9.17, 15) is 22.0 Å². The SMILES string of the molecule is CCS(=O)(=O)c1ccc(Cl)c(C(=O)N2CC[C@H](OC(F)F)C2)c1. The molecule has 5 nitrogen and oxygen atoms in total. The zero-order chi connectivity index (χ0) is 17.2. The highest BCUT2D eigenvalue weighted by molar-refractivity contribution is 7.91. The van der Waals surface area contributed by atoms with Crippen molar-refractivity contribution in [2.45, 2.75) is 31.0 Å². The number of ether oxygens (including phenoxy) is 1. The van der Waals surface area contributed by atoms with E-state index in [4.69, 9.17) is 11.6 Å². The van der Waals surface area contributed by atoms with Gasteiger partial charge >= 0.3 is 6.61 Å². The van der Waals surface area contributed by atoms with Crippen LogP contribution in [0.2, 0.25) is 5.02 Å². The number of halogens is 3. The number of alkyl halides is 2. The Morgan fingerprint density at radius 1 is 1.48 bits per heavy atom. The Hall–Kier alpha value is -1.25. The van der Waals surface area contributed by atoms with Crippen molar-refractivity contribution in [3.63, 3.8) is 0 Å². The first-order valence-electron chi connectivity index (χ1n) is 6.99. The first-order chi connectivity index (χ1) is 10.7. The van der Waals surface area contributed by atoms with Crippen LogP contribution >= 0.6 is 11.6 Å². The van der Waals surface area contributed by atoms with E-state index >= 15 is 0 Å². The van der Waals surface area contributed by atoms with E-state index in [1.54, 1.807) is 0 Å². The number of hydrogen-bond acceptors (Lipinski definition) is 4. The largest absolute Gasteiger partial charge is 0.345 e. The van der Waals surface area contributed by atoms with Crippen LogP contribution in [0, 0.1) is 0 Å². The molecule has 0 radical (unpaired) electrons. The summed E-state index contributed by atoms with van der Waals surface area (Å²) in [5.41, 5.74) is 0.0406. The fourth-order valence-corrected chi connectivity index (χ4v) is 3.47. The van der Waals surface area contributed by atoms with Gasteiger partial charge in [-0.2, -0.15) is 8.78 Å². The lowest BCUT2D eigenvalue weighted by molar-refractivity contribution is -0.158. The maximum atomic E-state index is 12.5. The van der Waals surface area contributed by atoms with Gasteiger partial charge in [0.05, 0.1) is 27.3 Å². The molecule has 1 aliphatic heterocycles. The normalized spacial score (nSPS) is 18.7. The smallest absolute Gasteiger partial charge is 0.336 e. The highest BCUT2D eigenvalue weighted by atomic mass is 35.5. The van der Waals surface area contributed by atoms with Gasteiger partial charge in [0.15, 0.2) is 9.84 Å². The molecule has 9 heteroatoms. The number of rotatable bonds is 5. The van der Waals surface area contributed by atoms with E-state index in [1.165, 1.54) is 30.0 Å². The van der Waals surface area contributed by atoms with Crippen molar-refractivity contribution < 1.29 is 26.7 Å². The third kappa shape index (κ3) is 4.19. The van der Waals surface area contributed by atoms with Crippen molar-refractivity contribution in [3.05, 3.63) is 28.8 Å². The second kappa shape index (κ2) is 7.11. The molecule has 0 N–H and O–H groups in total. The lowest BCUT2D eigenvalue weighted by Gasteiger charge is -2.18. The lowest BCUT2D eigenvalue weighted by Crippen LogP contribution is -2.31. The van der Waals surface area contributed by atoms with Gasteiger partial charge in [0.2, 0.25) is 0 Å². The number of hydrogen-bond donors (Lipinski definition) is 0. The lowest BCUT2D eigenvalue weighted by atomic mass is 10.2. The van der Waals surface area contributed by atoms with Gasteiger partial charge < -0.3 is 9.64 Å². The third-order valence-corrected chi connectivity index (χ3v) is 5.70. The van der Waals surface area contributed by atoms with E-state index in [1.807, 2.05) is 0 Å². The van der Waals surface area contributed by atoms with Gasteiger partial charge in [-0.05, 0) is 24.6 Å². The van der Waals surface area contributed by atoms with E-state index in [0.29, 0.717) is 6.42 Å². The molecule has 0 saturated carbocycles. The molecule has 0 aromatic heterocycles. The molecule has 1 aromatic rings. The molecule has 1 aromatic carbocycles. The second-order valence-electron chi connectivity index (χ2n) is 5.10. The number of benzene rings is 1. The maximum Gasteiger partial charge on any atom is 0.345 e. The van der Waals surface area contributed by atoms with Crippen LogP contribution in [-0.2, 0) is 14.6 Å². The summed E-state index contributed by atoms with van der Waals surface area (Å²) >= 11 is 5.99. The van der Waals surface area contributed by atoms with Crippen LogP contribution in [0.3, 0.4) is 0 Å². The highest BCUT2D eigenvalue weighted by Gasteiger charge is 2.30. The molecule has 1 heterocycles. The van der Waals surface area contributed by atoms with E-state index in [0.717, 1.165) is 0 Å². The van der Waals surface area contributed by atoms with Crippen molar-refractivity contribution in [1.29, 1.82) is 0 Å². The predicted octanol–water partition coefficient (Wildman–Crippen LogP) is 2.59. The molecule has 1 atom stereocenters. The minimum atomic E-state index is -3.47. The van der Waals surface area contributed by atoms with Crippen LogP contribution in [0.4, 0.5) is 8.78 Å². The average molecular weight is 368 g/mol. The monoisotopic (exact) mass is 367 g/mol. The topological polar surface area (TPSA) is 63.7 Å². The number of amides is 1. The van der Waals surface area contributed by atoms with Crippen molar-refractivity contribution in [2.75, 3.05) is 18.8 Å². The summed E-state index contributed by atoms with van der Waals surface area (Å²) < 4.78 is 52.6. The van der Waals surface area contributed by atoms with Crippen LogP contribution in [0.25, 0.3) is 0 Å². The third-order valence-electron chi connectivity index (χ3n) is 3.63. The Morgan fingerprint density at radius 2 is 2.17 bits per heavy atom. The van der Waals surface area contributed by atoms with Crippen molar-refractivity contribution >= 4 is 27.3 Å². The number of likely N-dealkylation sites (tertiary alicyclic amines) is 1. The molecule has 128 valence electrons. The number of carbonyl (C=O) groups excluding carboxylic acids is 1. The summed E-state index contributed by atoms with van der Waals surface area (Å²) in [6.07, 6.45) is -0.444. The Morgan fingerprint density at radius 3 is 2.78 bits per heavy atom. The van der Waals surface area contributed by atoms with Crippen molar-refractivity contribution in [1.82, 2.24) is 4.90 Å². The molecule has 1 saturated heterocycles. The summed E-state index contributed by atoms with van der Waals surface area (Å²) in [5.74, 6) is -0.598. The van der Waals surface area contributed by atoms with Crippen LogP contribution in [0.1, 0.15) is 23.7 Å². The van der Waals surface area contributed by atoms with Crippen LogP contribution < -0.4 is 0 Å². The van der Waals surface area contributed by atoms with E-state index in [2.05, 4.69) is 4.74 Å². The minimum Gasteiger partial charge on any atom is -0.336 e. The number of carbonyl (C=O) groups is 1. The van der Waals surface area contributed by atoms with Crippen LogP contribution in [-0.4, -0.2) is 50.8 Å². The van der Waals surface area contributed by atoms with Gasteiger partial charge in [0, 0.05) is 13.1 Å². The van der Waals surface area contributed by atoms with E-state index < -0.39 is 28.5 Å². The molecule has 1 fully saturated rings. The Bertz CT molecular complexity index is 696. The van der Waals surface area contributed by atoms with E-state index in [-0.39, 0.29) is 34.3 Å². The zero-order valence-corrected chi connectivity index (χ0v) is 13.9. The van der Waals surface area contributed by atoms with Crippen LogP contribution in [0.15, 0.2) is 23.1 Å². The summed E-state index contributed by atoms with van der Waals surface area (Å²) in [7, 11) is -3.47. The van der Waals surface area contributed by atoms with Gasteiger partial charge in [-0.25, -0.2) is 8.42 Å². The molecule has 0 spiro atoms. The number of nitrogens with zero attached hydrogens (tertiary/aromatic N) is 1. The number of sulfone groups is 1. The van der Waals surface area contributed by atoms with Gasteiger partial charge in [-0.1, -0.05) is 18.5 Å². The predicted molar refractivity (Wildman–Crippen MR) is 80.6 cm³/mol. The van der Waals surface area contributed by atoms with Gasteiger partial charge in [-0.15, -0.1) is 0 Å². The summed E-state index contributed by atoms with van der Waals surface area (Å²) in [6.45, 7) is -1.13. The molecular weight excluding hydrogens is 352 g/mol. The fraction of sp³-hybridized carbons (Fsp3) is 0.500. The van der Waals surface area contributed by atoms with Crippen LogP contribution in [0.5, 0.6) is 0 Å². The molecule has 0 aliphatic carbocycles. The molecule has 0 unspecified atom stereocenters. The molecular formula is C14H16ClF2NO4S. The summed E-state index contributed by atoms with van der Waals surface area (Å²) in [4.78, 5) is 13.8. The first kappa shape index (κ1) is 18.1. The first-order valence-corrected chi connectivity index (χ1v) is 9.03. The molecule has 0 bridgehead atoms. The fourth-order valence-electron chi connectivity index (χ4n) is 2.37. The maximum absolute atomic E-state index is 12.5. The molecule has 1 amide bonds. The Labute approximate surface area is 138 Å². The highest BCUT2D eigenvalue weighted by Crippen LogP contribution is 2.25. The average Bonchev–Trinajstić information content (AvgIpc) is 2.94.